The fourth-order valence-electron chi connectivity index (χ4n) is 3.07. The summed E-state index contributed by atoms with van der Waals surface area (Å²) in [5, 5.41) is 3.25. The normalized spacial score (nSPS) is 10.7. The first-order chi connectivity index (χ1) is 14.3. The molecule has 0 aliphatic rings. The lowest BCUT2D eigenvalue weighted by molar-refractivity contribution is 0.331. The molecule has 2 aromatic carbocycles. The van der Waals surface area contributed by atoms with E-state index in [-0.39, 0.29) is 10.8 Å². The van der Waals surface area contributed by atoms with Crippen molar-refractivity contribution in [2.24, 2.45) is 0 Å². The number of anilines is 2. The maximum Gasteiger partial charge on any atom is 0.316 e. The molecule has 0 saturated carbocycles. The Morgan fingerprint density at radius 2 is 1.97 bits per heavy atom. The zero-order chi connectivity index (χ0) is 21.8. The highest BCUT2D eigenvalue weighted by molar-refractivity contribution is 6.30. The molecule has 0 amide bonds. The van der Waals surface area contributed by atoms with Crippen LogP contribution in [0.15, 0.2) is 41.3 Å². The lowest BCUT2D eigenvalue weighted by Gasteiger charge is -2.18. The largest absolute Gasteiger partial charge is 0.496 e. The van der Waals surface area contributed by atoms with E-state index in [1.54, 1.807) is 36.9 Å². The van der Waals surface area contributed by atoms with Gasteiger partial charge in [-0.2, -0.15) is 4.98 Å². The Bertz CT molecular complexity index is 1130. The molecular weight excluding hydrogens is 409 g/mol. The first kappa shape index (κ1) is 21.6. The van der Waals surface area contributed by atoms with E-state index in [0.29, 0.717) is 19.1 Å². The van der Waals surface area contributed by atoms with Gasteiger partial charge in [-0.15, -0.1) is 0 Å². The summed E-state index contributed by atoms with van der Waals surface area (Å²) in [6.45, 7) is 6.29. The number of halogens is 2. The molecular formula is C22H23ClFN3O3. The van der Waals surface area contributed by atoms with E-state index >= 15 is 0 Å². The summed E-state index contributed by atoms with van der Waals surface area (Å²) in [4.78, 5) is 16.6. The molecule has 0 fully saturated rings. The smallest absolute Gasteiger partial charge is 0.316 e. The van der Waals surface area contributed by atoms with Gasteiger partial charge in [0.05, 0.1) is 31.5 Å². The van der Waals surface area contributed by atoms with Gasteiger partial charge in [-0.3, -0.25) is 4.79 Å². The number of aryl methyl sites for hydroxylation is 1. The zero-order valence-electron chi connectivity index (χ0n) is 17.3. The highest BCUT2D eigenvalue weighted by atomic mass is 35.5. The summed E-state index contributed by atoms with van der Waals surface area (Å²) in [7, 11) is 1.61. The maximum atomic E-state index is 13.5. The Kier molecular flexibility index (Phi) is 6.62. The van der Waals surface area contributed by atoms with Crippen LogP contribution in [0.2, 0.25) is 5.02 Å². The number of methoxy groups -OCH3 is 1. The highest BCUT2D eigenvalue weighted by Gasteiger charge is 2.14. The molecule has 0 unspecified atom stereocenters. The summed E-state index contributed by atoms with van der Waals surface area (Å²) in [5.41, 5.74) is 2.89. The second-order valence-corrected chi connectivity index (χ2v) is 7.22. The van der Waals surface area contributed by atoms with Crippen LogP contribution in [0, 0.1) is 19.7 Å². The minimum Gasteiger partial charge on any atom is -0.496 e. The van der Waals surface area contributed by atoms with Crippen LogP contribution in [-0.2, 0) is 6.54 Å². The number of ether oxygens (including phenoxy) is 2. The van der Waals surface area contributed by atoms with E-state index in [1.807, 2.05) is 26.0 Å². The van der Waals surface area contributed by atoms with Gasteiger partial charge in [0.2, 0.25) is 11.7 Å². The maximum absolute atomic E-state index is 13.5. The molecule has 8 heteroatoms. The van der Waals surface area contributed by atoms with Crippen LogP contribution in [0.5, 0.6) is 11.5 Å². The fourth-order valence-corrected chi connectivity index (χ4v) is 3.27. The minimum atomic E-state index is -0.491. The van der Waals surface area contributed by atoms with E-state index in [0.717, 1.165) is 28.1 Å². The molecule has 0 bridgehead atoms. The number of hydrogen-bond acceptors (Lipinski definition) is 5. The molecule has 3 aromatic rings. The van der Waals surface area contributed by atoms with Crippen molar-refractivity contribution in [3.63, 3.8) is 0 Å². The highest BCUT2D eigenvalue weighted by Crippen LogP contribution is 2.29. The van der Waals surface area contributed by atoms with Gasteiger partial charge >= 0.3 is 5.56 Å². The predicted molar refractivity (Wildman–Crippen MR) is 116 cm³/mol. The Hall–Kier alpha value is -3.06. The van der Waals surface area contributed by atoms with E-state index in [2.05, 4.69) is 10.3 Å². The van der Waals surface area contributed by atoms with Crippen molar-refractivity contribution >= 4 is 23.2 Å². The van der Waals surface area contributed by atoms with Gasteiger partial charge in [-0.25, -0.2) is 4.39 Å². The molecule has 0 spiro atoms. The third kappa shape index (κ3) is 4.74. The SMILES string of the molecule is CCOc1cn(Cc2ccc(F)c(Cl)c2)c(Nc2cc(C)cc(OC)c2C)nc1=O. The second-order valence-electron chi connectivity index (χ2n) is 6.81. The quantitative estimate of drug-likeness (QED) is 0.579. The molecule has 0 aliphatic heterocycles. The molecule has 1 N–H and O–H groups in total. The van der Waals surface area contributed by atoms with Crippen molar-refractivity contribution in [3.8, 4) is 11.5 Å². The topological polar surface area (TPSA) is 65.4 Å². The summed E-state index contributed by atoms with van der Waals surface area (Å²) < 4.78 is 26.1. The van der Waals surface area contributed by atoms with Gasteiger partial charge in [-0.05, 0) is 56.2 Å². The van der Waals surface area contributed by atoms with Crippen LogP contribution >= 0.6 is 11.6 Å². The van der Waals surface area contributed by atoms with Crippen molar-refractivity contribution in [2.45, 2.75) is 27.3 Å². The molecule has 6 nitrogen and oxygen atoms in total. The molecule has 158 valence electrons. The standard InChI is InChI=1S/C22H23ClFN3O3/c1-5-30-20-12-27(11-15-6-7-17(24)16(23)10-15)22(26-21(20)28)25-18-8-13(2)9-19(29-4)14(18)3/h6-10,12H,5,11H2,1-4H3,(H,25,26,28). The molecule has 3 rings (SSSR count). The predicted octanol–water partition coefficient (Wildman–Crippen LogP) is 4.85. The number of nitrogens with zero attached hydrogens (tertiary/aromatic N) is 2. The lowest BCUT2D eigenvalue weighted by Crippen LogP contribution is -2.19. The zero-order valence-corrected chi connectivity index (χ0v) is 18.0. The molecule has 0 saturated heterocycles. The molecule has 0 atom stereocenters. The third-order valence-electron chi connectivity index (χ3n) is 4.57. The van der Waals surface area contributed by atoms with E-state index in [1.165, 1.54) is 6.07 Å². The van der Waals surface area contributed by atoms with E-state index in [9.17, 15) is 9.18 Å². The molecule has 1 heterocycles. The number of aromatic nitrogens is 2. The molecule has 0 aliphatic carbocycles. The van der Waals surface area contributed by atoms with Crippen molar-refractivity contribution in [2.75, 3.05) is 19.0 Å². The summed E-state index contributed by atoms with van der Waals surface area (Å²) in [6, 6.07) is 8.35. The molecule has 1 aromatic heterocycles. The van der Waals surface area contributed by atoms with Crippen LogP contribution in [0.1, 0.15) is 23.6 Å². The summed E-state index contributed by atoms with van der Waals surface area (Å²) in [5.74, 6) is 0.686. The third-order valence-corrected chi connectivity index (χ3v) is 4.86. The Labute approximate surface area is 179 Å². The first-order valence-corrected chi connectivity index (χ1v) is 9.80. The average Bonchev–Trinajstić information content (AvgIpc) is 2.70. The van der Waals surface area contributed by atoms with Crippen molar-refractivity contribution in [1.29, 1.82) is 0 Å². The van der Waals surface area contributed by atoms with Crippen LogP contribution < -0.4 is 20.3 Å². The number of rotatable bonds is 7. The summed E-state index contributed by atoms with van der Waals surface area (Å²) >= 11 is 5.92. The van der Waals surface area contributed by atoms with Crippen molar-refractivity contribution < 1.29 is 13.9 Å². The lowest BCUT2D eigenvalue weighted by atomic mass is 10.1. The molecule has 30 heavy (non-hydrogen) atoms. The molecule has 0 radical (unpaired) electrons. The fraction of sp³-hybridized carbons (Fsp3) is 0.273. The Balaban J connectivity index is 2.07. The van der Waals surface area contributed by atoms with E-state index in [4.69, 9.17) is 21.1 Å². The minimum absolute atomic E-state index is 0.0281. The van der Waals surface area contributed by atoms with E-state index < -0.39 is 11.4 Å². The van der Waals surface area contributed by atoms with Crippen molar-refractivity contribution in [3.05, 3.63) is 74.4 Å². The first-order valence-electron chi connectivity index (χ1n) is 9.42. The number of benzene rings is 2. The number of nitrogens with one attached hydrogen (secondary N) is 1. The van der Waals surface area contributed by atoms with Gasteiger partial charge in [0, 0.05) is 11.3 Å². The Morgan fingerprint density at radius 1 is 1.20 bits per heavy atom. The van der Waals surface area contributed by atoms with Crippen LogP contribution in [-0.4, -0.2) is 23.3 Å². The summed E-state index contributed by atoms with van der Waals surface area (Å²) in [6.07, 6.45) is 1.58. The van der Waals surface area contributed by atoms with Crippen molar-refractivity contribution in [1.82, 2.24) is 9.55 Å². The average molecular weight is 432 g/mol. The van der Waals surface area contributed by atoms with Gasteiger partial charge in [0.25, 0.3) is 0 Å². The monoisotopic (exact) mass is 431 g/mol. The van der Waals surface area contributed by atoms with Gasteiger partial charge in [-0.1, -0.05) is 17.7 Å². The second kappa shape index (κ2) is 9.17. The Morgan fingerprint density at radius 3 is 2.63 bits per heavy atom. The van der Waals surface area contributed by atoms with Crippen LogP contribution in [0.4, 0.5) is 16.0 Å². The number of hydrogen-bond donors (Lipinski definition) is 1. The van der Waals surface area contributed by atoms with Crippen LogP contribution in [0.3, 0.4) is 0 Å². The van der Waals surface area contributed by atoms with Crippen LogP contribution in [0.25, 0.3) is 0 Å². The van der Waals surface area contributed by atoms with Gasteiger partial charge < -0.3 is 19.4 Å². The van der Waals surface area contributed by atoms with Gasteiger partial charge in [0.15, 0.2) is 0 Å². The van der Waals surface area contributed by atoms with Gasteiger partial charge in [0.1, 0.15) is 11.6 Å².